The van der Waals surface area contributed by atoms with Crippen LogP contribution in [-0.2, 0) is 20.2 Å². The lowest BCUT2D eigenvalue weighted by molar-refractivity contribution is 0.0220. The van der Waals surface area contributed by atoms with E-state index >= 15 is 0 Å². The van der Waals surface area contributed by atoms with Crippen LogP contribution in [0.2, 0.25) is 0 Å². The number of nitrogens with one attached hydrogen (secondary N) is 1. The maximum Gasteiger partial charge on any atom is 0.240 e. The van der Waals surface area contributed by atoms with Crippen LogP contribution in [0.3, 0.4) is 0 Å². The van der Waals surface area contributed by atoms with Gasteiger partial charge in [0.15, 0.2) is 0 Å². The van der Waals surface area contributed by atoms with Crippen LogP contribution in [0.1, 0.15) is 45.6 Å². The van der Waals surface area contributed by atoms with E-state index in [0.717, 1.165) is 24.8 Å². The molecule has 1 N–H and O–H groups in total. The molecule has 0 amide bonds. The normalized spacial score (nSPS) is 18.0. The van der Waals surface area contributed by atoms with Crippen LogP contribution in [0.15, 0.2) is 29.2 Å². The Balaban J connectivity index is 2.07. The highest BCUT2D eigenvalue weighted by Crippen LogP contribution is 2.40. The molecule has 0 unspecified atom stereocenters. The Morgan fingerprint density at radius 1 is 1.18 bits per heavy atom. The summed E-state index contributed by atoms with van der Waals surface area (Å²) in [4.78, 5) is 0.326. The number of methoxy groups -OCH3 is 1. The van der Waals surface area contributed by atoms with Gasteiger partial charge in [0, 0.05) is 19.1 Å². The average molecular weight is 325 g/mol. The summed E-state index contributed by atoms with van der Waals surface area (Å²) in [6.07, 6.45) is 3.18. The third-order valence-electron chi connectivity index (χ3n) is 4.53. The van der Waals surface area contributed by atoms with E-state index in [4.69, 9.17) is 4.74 Å². The predicted molar refractivity (Wildman–Crippen MR) is 88.5 cm³/mol. The van der Waals surface area contributed by atoms with Crippen LogP contribution in [0.4, 0.5) is 0 Å². The van der Waals surface area contributed by atoms with E-state index in [9.17, 15) is 8.42 Å². The van der Waals surface area contributed by atoms with Crippen molar-refractivity contribution in [2.45, 2.75) is 50.3 Å². The minimum absolute atomic E-state index is 0.0180. The first-order valence-corrected chi connectivity index (χ1v) is 9.26. The largest absolute Gasteiger partial charge is 0.384 e. The smallest absolute Gasteiger partial charge is 0.240 e. The van der Waals surface area contributed by atoms with Crippen LogP contribution in [0.25, 0.3) is 0 Å². The summed E-state index contributed by atoms with van der Waals surface area (Å²) in [5.41, 5.74) is 1.12. The van der Waals surface area contributed by atoms with Crippen molar-refractivity contribution in [3.05, 3.63) is 29.8 Å². The van der Waals surface area contributed by atoms with Crippen molar-refractivity contribution in [3.8, 4) is 0 Å². The van der Waals surface area contributed by atoms with Crippen LogP contribution < -0.4 is 4.72 Å². The second-order valence-corrected chi connectivity index (χ2v) is 9.15. The first kappa shape index (κ1) is 17.4. The molecule has 0 heterocycles. The molecule has 124 valence electrons. The average Bonchev–Trinajstić information content (AvgIpc) is 2.41. The van der Waals surface area contributed by atoms with Crippen molar-refractivity contribution < 1.29 is 13.2 Å². The molecule has 0 atom stereocenters. The van der Waals surface area contributed by atoms with E-state index in [1.165, 1.54) is 0 Å². The first-order valence-electron chi connectivity index (χ1n) is 7.78. The highest BCUT2D eigenvalue weighted by Gasteiger charge is 2.38. The fourth-order valence-corrected chi connectivity index (χ4v) is 3.98. The highest BCUT2D eigenvalue weighted by atomic mass is 32.2. The molecule has 1 aliphatic carbocycles. The van der Waals surface area contributed by atoms with Gasteiger partial charge in [0.05, 0.1) is 11.5 Å². The highest BCUT2D eigenvalue weighted by molar-refractivity contribution is 7.89. The number of hydrogen-bond acceptors (Lipinski definition) is 3. The molecule has 0 bridgehead atoms. The molecule has 1 saturated carbocycles. The Morgan fingerprint density at radius 3 is 2.18 bits per heavy atom. The Labute approximate surface area is 134 Å². The molecule has 0 spiro atoms. The SMILES string of the molecule is COCC1(CNS(=O)(=O)c2ccc(C(C)(C)C)cc2)CCC1. The lowest BCUT2D eigenvalue weighted by Gasteiger charge is -2.41. The molecule has 0 aromatic heterocycles. The zero-order valence-corrected chi connectivity index (χ0v) is 14.8. The van der Waals surface area contributed by atoms with Crippen LogP contribution in [0.5, 0.6) is 0 Å². The zero-order chi connectivity index (χ0) is 16.4. The molecule has 0 aliphatic heterocycles. The number of benzene rings is 1. The molecule has 22 heavy (non-hydrogen) atoms. The third-order valence-corrected chi connectivity index (χ3v) is 5.95. The Kier molecular flexibility index (Phi) is 5.00. The van der Waals surface area contributed by atoms with E-state index in [-0.39, 0.29) is 10.8 Å². The van der Waals surface area contributed by atoms with E-state index in [2.05, 4.69) is 25.5 Å². The Morgan fingerprint density at radius 2 is 1.77 bits per heavy atom. The molecule has 4 nitrogen and oxygen atoms in total. The monoisotopic (exact) mass is 325 g/mol. The zero-order valence-electron chi connectivity index (χ0n) is 14.0. The van der Waals surface area contributed by atoms with Gasteiger partial charge in [0.1, 0.15) is 0 Å². The van der Waals surface area contributed by atoms with Gasteiger partial charge in [-0.3, -0.25) is 0 Å². The van der Waals surface area contributed by atoms with Crippen LogP contribution in [-0.4, -0.2) is 28.7 Å². The van der Waals surface area contributed by atoms with Crippen molar-refractivity contribution in [2.75, 3.05) is 20.3 Å². The fraction of sp³-hybridized carbons (Fsp3) is 0.647. The van der Waals surface area contributed by atoms with E-state index in [0.29, 0.717) is 18.0 Å². The van der Waals surface area contributed by atoms with Crippen LogP contribution >= 0.6 is 0 Å². The Hall–Kier alpha value is -0.910. The van der Waals surface area contributed by atoms with Gasteiger partial charge in [0.25, 0.3) is 0 Å². The lowest BCUT2D eigenvalue weighted by Crippen LogP contribution is -2.45. The molecule has 1 aromatic carbocycles. The number of ether oxygens (including phenoxy) is 1. The standard InChI is InChI=1S/C17H27NO3S/c1-16(2,3)14-6-8-15(9-7-14)22(19,20)18-12-17(13-21-4)10-5-11-17/h6-9,18H,5,10-13H2,1-4H3. The fourth-order valence-electron chi connectivity index (χ4n) is 2.82. The van der Waals surface area contributed by atoms with Crippen molar-refractivity contribution in [2.24, 2.45) is 5.41 Å². The van der Waals surface area contributed by atoms with Crippen molar-refractivity contribution in [1.29, 1.82) is 0 Å². The van der Waals surface area contributed by atoms with Gasteiger partial charge in [-0.2, -0.15) is 0 Å². The van der Waals surface area contributed by atoms with Gasteiger partial charge < -0.3 is 4.74 Å². The minimum atomic E-state index is -3.46. The van der Waals surface area contributed by atoms with Crippen molar-refractivity contribution >= 4 is 10.0 Å². The van der Waals surface area contributed by atoms with Crippen LogP contribution in [0, 0.1) is 5.41 Å². The van der Waals surface area contributed by atoms with Gasteiger partial charge in [-0.1, -0.05) is 39.3 Å². The van der Waals surface area contributed by atoms with Gasteiger partial charge in [-0.25, -0.2) is 13.1 Å². The molecule has 0 saturated heterocycles. The molecule has 2 rings (SSSR count). The maximum absolute atomic E-state index is 12.4. The van der Waals surface area contributed by atoms with Gasteiger partial charge in [0.2, 0.25) is 10.0 Å². The quantitative estimate of drug-likeness (QED) is 0.874. The third kappa shape index (κ3) is 3.89. The van der Waals surface area contributed by atoms with Gasteiger partial charge >= 0.3 is 0 Å². The van der Waals surface area contributed by atoms with Gasteiger partial charge in [-0.05, 0) is 36.0 Å². The minimum Gasteiger partial charge on any atom is -0.384 e. The van der Waals surface area contributed by atoms with Crippen molar-refractivity contribution in [3.63, 3.8) is 0 Å². The molecular formula is C17H27NO3S. The van der Waals surface area contributed by atoms with Gasteiger partial charge in [-0.15, -0.1) is 0 Å². The maximum atomic E-state index is 12.4. The predicted octanol–water partition coefficient (Wildman–Crippen LogP) is 3.08. The molecule has 5 heteroatoms. The Bertz CT molecular complexity index is 596. The first-order chi connectivity index (χ1) is 10.2. The van der Waals surface area contributed by atoms with Crippen molar-refractivity contribution in [1.82, 2.24) is 4.72 Å². The second-order valence-electron chi connectivity index (χ2n) is 7.39. The molecule has 1 aromatic rings. The molecule has 0 radical (unpaired) electrons. The van der Waals surface area contributed by atoms with E-state index < -0.39 is 10.0 Å². The second kappa shape index (κ2) is 6.30. The summed E-state index contributed by atoms with van der Waals surface area (Å²) < 4.78 is 32.9. The van der Waals surface area contributed by atoms with E-state index in [1.807, 2.05) is 12.1 Å². The summed E-state index contributed by atoms with van der Waals surface area (Å²) in [6, 6.07) is 7.16. The summed E-state index contributed by atoms with van der Waals surface area (Å²) >= 11 is 0. The summed E-state index contributed by atoms with van der Waals surface area (Å²) in [6.45, 7) is 7.39. The summed E-state index contributed by atoms with van der Waals surface area (Å²) in [5.74, 6) is 0. The number of sulfonamides is 1. The number of rotatable bonds is 6. The number of hydrogen-bond donors (Lipinski definition) is 1. The lowest BCUT2D eigenvalue weighted by atomic mass is 9.69. The summed E-state index contributed by atoms with van der Waals surface area (Å²) in [5, 5.41) is 0. The summed E-state index contributed by atoms with van der Waals surface area (Å²) in [7, 11) is -1.79. The molecular weight excluding hydrogens is 298 g/mol. The molecule has 1 fully saturated rings. The molecule has 1 aliphatic rings. The topological polar surface area (TPSA) is 55.4 Å². The van der Waals surface area contributed by atoms with E-state index in [1.54, 1.807) is 19.2 Å².